The molecule has 0 saturated carbocycles. The van der Waals surface area contributed by atoms with Gasteiger partial charge in [-0.1, -0.05) is 13.2 Å². The summed E-state index contributed by atoms with van der Waals surface area (Å²) in [6.07, 6.45) is 11.5. The largest absolute Gasteiger partial charge is 0.378 e. The first kappa shape index (κ1) is 10.6. The van der Waals surface area contributed by atoms with Crippen molar-refractivity contribution in [1.82, 2.24) is 14.5 Å². The van der Waals surface area contributed by atoms with Gasteiger partial charge < -0.3 is 9.47 Å². The third-order valence-electron chi connectivity index (χ3n) is 2.13. The lowest BCUT2D eigenvalue weighted by Crippen LogP contribution is -2.08. The Morgan fingerprint density at radius 2 is 1.86 bits per heavy atom. The first-order valence-electron chi connectivity index (χ1n) is 4.83. The Kier molecular flexibility index (Phi) is 4.55. The average molecular weight is 191 g/mol. The molecule has 1 aromatic rings. The molecule has 0 aromatic carbocycles. The van der Waals surface area contributed by atoms with Crippen molar-refractivity contribution in [3.05, 3.63) is 38.1 Å². The van der Waals surface area contributed by atoms with Crippen LogP contribution in [0.3, 0.4) is 0 Å². The second-order valence-corrected chi connectivity index (χ2v) is 3.12. The van der Waals surface area contributed by atoms with Crippen LogP contribution < -0.4 is 0 Å². The van der Waals surface area contributed by atoms with Gasteiger partial charge in [0.25, 0.3) is 0 Å². The Hall–Kier alpha value is -1.51. The van der Waals surface area contributed by atoms with Crippen molar-refractivity contribution >= 4 is 6.20 Å². The van der Waals surface area contributed by atoms with Crippen molar-refractivity contribution in [2.45, 2.75) is 12.8 Å². The summed E-state index contributed by atoms with van der Waals surface area (Å²) in [7, 11) is 0. The highest BCUT2D eigenvalue weighted by Gasteiger charge is 2.04. The summed E-state index contributed by atoms with van der Waals surface area (Å²) in [5.41, 5.74) is 0. The molecule has 2 heterocycles. The number of imidazole rings is 1. The number of rotatable bonds is 2. The molecule has 1 aromatic heterocycles. The second-order valence-electron chi connectivity index (χ2n) is 3.12. The zero-order chi connectivity index (χ0) is 10.2. The molecular weight excluding hydrogens is 174 g/mol. The molecule has 1 aliphatic rings. The minimum absolute atomic E-state index is 1.23. The normalized spacial score (nSPS) is 14.4. The molecule has 14 heavy (non-hydrogen) atoms. The van der Waals surface area contributed by atoms with Crippen LogP contribution in [0, 0.1) is 0 Å². The fraction of sp³-hybridized carbons (Fsp3) is 0.364. The number of likely N-dealkylation sites (tertiary alicyclic amines) is 1. The summed E-state index contributed by atoms with van der Waals surface area (Å²) in [6, 6.07) is 0. The Balaban J connectivity index is 0.000000140. The Morgan fingerprint density at radius 3 is 2.14 bits per heavy atom. The fourth-order valence-electron chi connectivity index (χ4n) is 1.30. The Morgan fingerprint density at radius 1 is 1.14 bits per heavy atom. The molecule has 1 saturated heterocycles. The first-order chi connectivity index (χ1) is 6.86. The highest BCUT2D eigenvalue weighted by atomic mass is 15.1. The van der Waals surface area contributed by atoms with E-state index in [-0.39, 0.29) is 0 Å². The SMILES string of the molecule is C=CN1CCCC1.C=Cn1ccnc1. The quantitative estimate of drug-likeness (QED) is 0.714. The van der Waals surface area contributed by atoms with Crippen LogP contribution in [0.2, 0.25) is 0 Å². The van der Waals surface area contributed by atoms with Gasteiger partial charge in [-0.15, -0.1) is 0 Å². The molecule has 0 N–H and O–H groups in total. The van der Waals surface area contributed by atoms with Crippen molar-refractivity contribution in [3.63, 3.8) is 0 Å². The second kappa shape index (κ2) is 6.02. The van der Waals surface area contributed by atoms with Crippen molar-refractivity contribution < 1.29 is 0 Å². The van der Waals surface area contributed by atoms with Gasteiger partial charge in [-0.05, 0) is 19.0 Å². The molecule has 0 unspecified atom stereocenters. The van der Waals surface area contributed by atoms with E-state index in [4.69, 9.17) is 0 Å². The van der Waals surface area contributed by atoms with Crippen molar-refractivity contribution in [2.75, 3.05) is 13.1 Å². The van der Waals surface area contributed by atoms with Crippen LogP contribution >= 0.6 is 0 Å². The minimum atomic E-state index is 1.23. The van der Waals surface area contributed by atoms with Crippen LogP contribution in [0.4, 0.5) is 0 Å². The molecular formula is C11H17N3. The predicted octanol–water partition coefficient (Wildman–Crippen LogP) is 2.21. The van der Waals surface area contributed by atoms with Gasteiger partial charge in [0.05, 0.1) is 6.33 Å². The Bertz CT molecular complexity index is 258. The number of hydrogen-bond donors (Lipinski definition) is 0. The van der Waals surface area contributed by atoms with E-state index in [0.717, 1.165) is 0 Å². The van der Waals surface area contributed by atoms with Gasteiger partial charge in [-0.3, -0.25) is 0 Å². The topological polar surface area (TPSA) is 21.1 Å². The molecule has 0 aliphatic carbocycles. The number of aromatic nitrogens is 2. The van der Waals surface area contributed by atoms with Gasteiger partial charge in [0, 0.05) is 31.7 Å². The third-order valence-corrected chi connectivity index (χ3v) is 2.13. The van der Waals surface area contributed by atoms with Crippen LogP contribution in [-0.2, 0) is 0 Å². The van der Waals surface area contributed by atoms with E-state index in [9.17, 15) is 0 Å². The van der Waals surface area contributed by atoms with E-state index in [2.05, 4.69) is 23.0 Å². The summed E-state index contributed by atoms with van der Waals surface area (Å²) in [5.74, 6) is 0. The molecule has 1 fully saturated rings. The van der Waals surface area contributed by atoms with Crippen molar-refractivity contribution in [3.8, 4) is 0 Å². The van der Waals surface area contributed by atoms with E-state index >= 15 is 0 Å². The van der Waals surface area contributed by atoms with Crippen LogP contribution in [-0.4, -0.2) is 27.5 Å². The van der Waals surface area contributed by atoms with Crippen LogP contribution in [0.5, 0.6) is 0 Å². The lowest BCUT2D eigenvalue weighted by molar-refractivity contribution is 0.469. The van der Waals surface area contributed by atoms with E-state index in [0.29, 0.717) is 0 Å². The molecule has 3 nitrogen and oxygen atoms in total. The Labute approximate surface area is 85.4 Å². The summed E-state index contributed by atoms with van der Waals surface area (Å²) in [5, 5.41) is 0. The smallest absolute Gasteiger partial charge is 0.0986 e. The third kappa shape index (κ3) is 3.47. The average Bonchev–Trinajstić information content (AvgIpc) is 2.92. The molecule has 0 radical (unpaired) electrons. The molecule has 0 amide bonds. The van der Waals surface area contributed by atoms with E-state index in [1.165, 1.54) is 25.9 Å². The lowest BCUT2D eigenvalue weighted by atomic mass is 10.4. The minimum Gasteiger partial charge on any atom is -0.378 e. The van der Waals surface area contributed by atoms with Gasteiger partial charge in [-0.25, -0.2) is 4.98 Å². The van der Waals surface area contributed by atoms with Gasteiger partial charge in [-0.2, -0.15) is 0 Å². The highest BCUT2D eigenvalue weighted by Crippen LogP contribution is 2.05. The summed E-state index contributed by atoms with van der Waals surface area (Å²) < 4.78 is 1.78. The molecule has 1 aliphatic heterocycles. The highest BCUT2D eigenvalue weighted by molar-refractivity contribution is 5.14. The summed E-state index contributed by atoms with van der Waals surface area (Å²) >= 11 is 0. The van der Waals surface area contributed by atoms with E-state index < -0.39 is 0 Å². The molecule has 0 bridgehead atoms. The van der Waals surface area contributed by atoms with Crippen LogP contribution in [0.25, 0.3) is 6.20 Å². The van der Waals surface area contributed by atoms with Gasteiger partial charge in [0.1, 0.15) is 0 Å². The maximum Gasteiger partial charge on any atom is 0.0986 e. The van der Waals surface area contributed by atoms with Gasteiger partial charge >= 0.3 is 0 Å². The molecule has 0 spiro atoms. The first-order valence-corrected chi connectivity index (χ1v) is 4.83. The summed E-state index contributed by atoms with van der Waals surface area (Å²) in [6.45, 7) is 9.65. The monoisotopic (exact) mass is 191 g/mol. The van der Waals surface area contributed by atoms with Crippen LogP contribution in [0.15, 0.2) is 38.1 Å². The van der Waals surface area contributed by atoms with Gasteiger partial charge in [0.15, 0.2) is 0 Å². The molecule has 3 heteroatoms. The number of hydrogen-bond acceptors (Lipinski definition) is 2. The molecule has 0 atom stereocenters. The maximum absolute atomic E-state index is 3.78. The van der Waals surface area contributed by atoms with E-state index in [1.54, 1.807) is 23.3 Å². The molecule has 76 valence electrons. The van der Waals surface area contributed by atoms with Crippen molar-refractivity contribution in [2.24, 2.45) is 0 Å². The zero-order valence-electron chi connectivity index (χ0n) is 8.47. The van der Waals surface area contributed by atoms with Crippen molar-refractivity contribution in [1.29, 1.82) is 0 Å². The van der Waals surface area contributed by atoms with E-state index in [1.807, 2.05) is 12.4 Å². The maximum atomic E-state index is 3.78. The fourth-order valence-corrected chi connectivity index (χ4v) is 1.30. The molecule has 2 rings (SSSR count). The van der Waals surface area contributed by atoms with Crippen LogP contribution in [0.1, 0.15) is 12.8 Å². The summed E-state index contributed by atoms with van der Waals surface area (Å²) in [4.78, 5) is 6.03. The lowest BCUT2D eigenvalue weighted by Gasteiger charge is -2.07. The zero-order valence-corrected chi connectivity index (χ0v) is 8.47. The standard InChI is InChI=1S/C6H11N.C5H6N2/c1-2-7-5-3-4-6-7;1-2-7-4-3-6-5-7/h2H,1,3-6H2;2-5H,1H2. The predicted molar refractivity (Wildman–Crippen MR) is 59.6 cm³/mol. The number of nitrogens with zero attached hydrogens (tertiary/aromatic N) is 3. The van der Waals surface area contributed by atoms with Gasteiger partial charge in [0.2, 0.25) is 0 Å².